The number of non-ortho nitro benzene ring substituents is 1. The van der Waals surface area contributed by atoms with Crippen LogP contribution in [0.4, 0.5) is 11.6 Å². The summed E-state index contributed by atoms with van der Waals surface area (Å²) in [6.45, 7) is 3.16. The molecule has 2 heterocycles. The lowest BCUT2D eigenvalue weighted by Crippen LogP contribution is -2.33. The van der Waals surface area contributed by atoms with Crippen molar-refractivity contribution in [3.63, 3.8) is 0 Å². The van der Waals surface area contributed by atoms with E-state index in [1.165, 1.54) is 25.0 Å². The van der Waals surface area contributed by atoms with E-state index >= 15 is 0 Å². The van der Waals surface area contributed by atoms with Gasteiger partial charge in [-0.2, -0.15) is 0 Å². The van der Waals surface area contributed by atoms with Crippen molar-refractivity contribution in [3.8, 4) is 0 Å². The Morgan fingerprint density at radius 2 is 2.24 bits per heavy atom. The van der Waals surface area contributed by atoms with Crippen molar-refractivity contribution in [1.82, 2.24) is 14.9 Å². The number of piperidine rings is 1. The Bertz CT molecular complexity index is 646. The summed E-state index contributed by atoms with van der Waals surface area (Å²) in [4.78, 5) is 20.2. The predicted octanol–water partition coefficient (Wildman–Crippen LogP) is 2.22. The lowest BCUT2D eigenvalue weighted by molar-refractivity contribution is -0.384. The zero-order chi connectivity index (χ0) is 14.8. The van der Waals surface area contributed by atoms with Crippen molar-refractivity contribution >= 4 is 22.7 Å². The Morgan fingerprint density at radius 3 is 2.95 bits per heavy atom. The second kappa shape index (κ2) is 5.69. The van der Waals surface area contributed by atoms with E-state index in [1.807, 2.05) is 0 Å². The fourth-order valence-corrected chi connectivity index (χ4v) is 2.70. The third-order valence-corrected chi connectivity index (χ3v) is 4.07. The van der Waals surface area contributed by atoms with E-state index in [-0.39, 0.29) is 5.69 Å². The molecule has 7 heteroatoms. The van der Waals surface area contributed by atoms with Gasteiger partial charge in [0.1, 0.15) is 0 Å². The monoisotopic (exact) mass is 289 g/mol. The highest BCUT2D eigenvalue weighted by atomic mass is 16.6. The van der Waals surface area contributed by atoms with E-state index in [4.69, 9.17) is 0 Å². The minimum atomic E-state index is -0.397. The molecule has 1 aromatic heterocycles. The van der Waals surface area contributed by atoms with E-state index in [1.54, 1.807) is 6.07 Å². The number of H-pyrrole nitrogens is 1. The fourth-order valence-electron chi connectivity index (χ4n) is 2.70. The number of hydrogen-bond acceptors (Lipinski definition) is 5. The van der Waals surface area contributed by atoms with Gasteiger partial charge in [-0.05, 0) is 45.0 Å². The number of anilines is 1. The lowest BCUT2D eigenvalue weighted by atomic mass is 9.97. The number of nitrogens with one attached hydrogen (secondary N) is 2. The summed E-state index contributed by atoms with van der Waals surface area (Å²) in [5, 5.41) is 14.1. The van der Waals surface area contributed by atoms with Crippen LogP contribution in [0.5, 0.6) is 0 Å². The number of aromatic nitrogens is 2. The molecule has 1 saturated heterocycles. The van der Waals surface area contributed by atoms with Crippen molar-refractivity contribution in [2.75, 3.05) is 32.0 Å². The van der Waals surface area contributed by atoms with Gasteiger partial charge in [-0.3, -0.25) is 10.1 Å². The van der Waals surface area contributed by atoms with Crippen LogP contribution in [0.2, 0.25) is 0 Å². The maximum absolute atomic E-state index is 10.8. The molecular formula is C14H19N5O2. The average Bonchev–Trinajstić information content (AvgIpc) is 2.88. The van der Waals surface area contributed by atoms with Gasteiger partial charge < -0.3 is 15.2 Å². The van der Waals surface area contributed by atoms with Gasteiger partial charge in [0.2, 0.25) is 5.95 Å². The maximum atomic E-state index is 10.8. The standard InChI is InChI=1S/C14H19N5O2/c1-18-6-4-10(5-7-18)9-15-14-16-12-3-2-11(19(20)21)8-13(12)17-14/h2-3,8,10H,4-7,9H2,1H3,(H2,15,16,17). The van der Waals surface area contributed by atoms with Crippen LogP contribution in [-0.4, -0.2) is 46.5 Å². The highest BCUT2D eigenvalue weighted by Crippen LogP contribution is 2.21. The van der Waals surface area contributed by atoms with Crippen LogP contribution in [0.3, 0.4) is 0 Å². The fraction of sp³-hybridized carbons (Fsp3) is 0.500. The molecule has 0 unspecified atom stereocenters. The number of fused-ring (bicyclic) bond motifs is 1. The summed E-state index contributed by atoms with van der Waals surface area (Å²) < 4.78 is 0. The summed E-state index contributed by atoms with van der Waals surface area (Å²) >= 11 is 0. The second-order valence-corrected chi connectivity index (χ2v) is 5.67. The highest BCUT2D eigenvalue weighted by molar-refractivity contribution is 5.79. The first-order valence-electron chi connectivity index (χ1n) is 7.18. The molecule has 0 radical (unpaired) electrons. The molecular weight excluding hydrogens is 270 g/mol. The van der Waals surface area contributed by atoms with E-state index < -0.39 is 4.92 Å². The largest absolute Gasteiger partial charge is 0.356 e. The Morgan fingerprint density at radius 1 is 1.48 bits per heavy atom. The molecule has 0 aliphatic carbocycles. The third-order valence-electron chi connectivity index (χ3n) is 4.07. The Kier molecular flexibility index (Phi) is 3.74. The smallest absolute Gasteiger partial charge is 0.271 e. The van der Waals surface area contributed by atoms with E-state index in [0.717, 1.165) is 25.2 Å². The number of benzene rings is 1. The first-order chi connectivity index (χ1) is 10.1. The predicted molar refractivity (Wildman–Crippen MR) is 81.5 cm³/mol. The summed E-state index contributed by atoms with van der Waals surface area (Å²) in [6.07, 6.45) is 2.38. The van der Waals surface area contributed by atoms with Gasteiger partial charge in [-0.15, -0.1) is 0 Å². The van der Waals surface area contributed by atoms with Crippen LogP contribution in [0, 0.1) is 16.0 Å². The van der Waals surface area contributed by atoms with Gasteiger partial charge in [-0.1, -0.05) is 0 Å². The number of aromatic amines is 1. The van der Waals surface area contributed by atoms with Crippen LogP contribution >= 0.6 is 0 Å². The van der Waals surface area contributed by atoms with Crippen molar-refractivity contribution in [2.45, 2.75) is 12.8 Å². The van der Waals surface area contributed by atoms with Crippen LogP contribution in [0.15, 0.2) is 18.2 Å². The minimum absolute atomic E-state index is 0.0769. The molecule has 2 N–H and O–H groups in total. The Hall–Kier alpha value is -2.15. The van der Waals surface area contributed by atoms with Crippen LogP contribution in [0.25, 0.3) is 11.0 Å². The maximum Gasteiger partial charge on any atom is 0.271 e. The van der Waals surface area contributed by atoms with Crippen molar-refractivity contribution in [2.24, 2.45) is 5.92 Å². The highest BCUT2D eigenvalue weighted by Gasteiger charge is 2.17. The van der Waals surface area contributed by atoms with Crippen molar-refractivity contribution < 1.29 is 4.92 Å². The molecule has 1 aliphatic rings. The van der Waals surface area contributed by atoms with Crippen molar-refractivity contribution in [1.29, 1.82) is 0 Å². The van der Waals surface area contributed by atoms with Crippen LogP contribution in [0.1, 0.15) is 12.8 Å². The minimum Gasteiger partial charge on any atom is -0.356 e. The van der Waals surface area contributed by atoms with Gasteiger partial charge >= 0.3 is 0 Å². The molecule has 7 nitrogen and oxygen atoms in total. The van der Waals surface area contributed by atoms with Crippen LogP contribution < -0.4 is 5.32 Å². The lowest BCUT2D eigenvalue weighted by Gasteiger charge is -2.28. The molecule has 112 valence electrons. The molecule has 1 fully saturated rings. The quantitative estimate of drug-likeness (QED) is 0.665. The van der Waals surface area contributed by atoms with Gasteiger partial charge in [0.15, 0.2) is 0 Å². The summed E-state index contributed by atoms with van der Waals surface area (Å²) in [7, 11) is 2.15. The molecule has 3 rings (SSSR count). The molecule has 1 aliphatic heterocycles. The van der Waals surface area contributed by atoms with Crippen LogP contribution in [-0.2, 0) is 0 Å². The topological polar surface area (TPSA) is 87.1 Å². The number of nitro groups is 1. The molecule has 0 spiro atoms. The molecule has 0 amide bonds. The number of rotatable bonds is 4. The number of imidazole rings is 1. The van der Waals surface area contributed by atoms with Crippen molar-refractivity contribution in [3.05, 3.63) is 28.3 Å². The molecule has 0 saturated carbocycles. The number of nitrogens with zero attached hydrogens (tertiary/aromatic N) is 3. The number of hydrogen-bond donors (Lipinski definition) is 2. The summed E-state index contributed by atoms with van der Waals surface area (Å²) in [5.74, 6) is 1.34. The third kappa shape index (κ3) is 3.13. The van der Waals surface area contributed by atoms with Gasteiger partial charge in [0, 0.05) is 18.7 Å². The number of likely N-dealkylation sites (tertiary alicyclic amines) is 1. The first kappa shape index (κ1) is 13.8. The molecule has 0 atom stereocenters. The Labute approximate surface area is 122 Å². The Balaban J connectivity index is 1.66. The molecule has 1 aromatic carbocycles. The zero-order valence-electron chi connectivity index (χ0n) is 12.0. The summed E-state index contributed by atoms with van der Waals surface area (Å²) in [6, 6.07) is 4.66. The van der Waals surface area contributed by atoms with Gasteiger partial charge in [-0.25, -0.2) is 4.98 Å². The summed E-state index contributed by atoms with van der Waals surface area (Å²) in [5.41, 5.74) is 1.51. The average molecular weight is 289 g/mol. The van der Waals surface area contributed by atoms with Gasteiger partial charge in [0.25, 0.3) is 5.69 Å². The SMILES string of the molecule is CN1CCC(CNc2nc3ccc([N+](=O)[O-])cc3[nH]2)CC1. The second-order valence-electron chi connectivity index (χ2n) is 5.67. The normalized spacial score (nSPS) is 17.2. The number of nitro benzene ring substituents is 1. The van der Waals surface area contributed by atoms with E-state index in [9.17, 15) is 10.1 Å². The van der Waals surface area contributed by atoms with E-state index in [0.29, 0.717) is 17.4 Å². The first-order valence-corrected chi connectivity index (χ1v) is 7.18. The zero-order valence-corrected chi connectivity index (χ0v) is 12.0. The molecule has 21 heavy (non-hydrogen) atoms. The molecule has 2 aromatic rings. The van der Waals surface area contributed by atoms with E-state index in [2.05, 4.69) is 27.2 Å². The molecule has 0 bridgehead atoms. The van der Waals surface area contributed by atoms with Gasteiger partial charge in [0.05, 0.1) is 16.0 Å².